The number of nitrogens with two attached hydrogens (primary N) is 1. The highest BCUT2D eigenvalue weighted by Crippen LogP contribution is 2.34. The van der Waals surface area contributed by atoms with Crippen LogP contribution in [0.15, 0.2) is 54.6 Å². The zero-order valence-corrected chi connectivity index (χ0v) is 18.4. The fourth-order valence-electron chi connectivity index (χ4n) is 4.82. The molecular formula is C27H29FN4. The molecule has 0 aliphatic carbocycles. The monoisotopic (exact) mass is 428 g/mol. The van der Waals surface area contributed by atoms with Crippen LogP contribution in [0.5, 0.6) is 0 Å². The maximum absolute atomic E-state index is 15.7. The Morgan fingerprint density at radius 2 is 1.62 bits per heavy atom. The lowest BCUT2D eigenvalue weighted by Crippen LogP contribution is -2.30. The van der Waals surface area contributed by atoms with Crippen LogP contribution >= 0.6 is 0 Å². The number of anilines is 1. The van der Waals surface area contributed by atoms with Gasteiger partial charge in [0, 0.05) is 17.4 Å². The van der Waals surface area contributed by atoms with E-state index in [0.29, 0.717) is 34.5 Å². The molecule has 0 unspecified atom stereocenters. The van der Waals surface area contributed by atoms with Crippen molar-refractivity contribution in [3.8, 4) is 11.1 Å². The molecule has 1 fully saturated rings. The van der Waals surface area contributed by atoms with E-state index in [9.17, 15) is 0 Å². The van der Waals surface area contributed by atoms with Gasteiger partial charge in [-0.2, -0.15) is 0 Å². The van der Waals surface area contributed by atoms with Gasteiger partial charge in [-0.25, -0.2) is 14.4 Å². The summed E-state index contributed by atoms with van der Waals surface area (Å²) in [6, 6.07) is 17.6. The highest BCUT2D eigenvalue weighted by atomic mass is 19.1. The molecule has 1 saturated heterocycles. The van der Waals surface area contributed by atoms with E-state index >= 15 is 4.39 Å². The zero-order chi connectivity index (χ0) is 21.9. The van der Waals surface area contributed by atoms with Crippen molar-refractivity contribution >= 4 is 27.5 Å². The van der Waals surface area contributed by atoms with Crippen LogP contribution in [0.2, 0.25) is 0 Å². The summed E-state index contributed by atoms with van der Waals surface area (Å²) < 4.78 is 15.7. The van der Waals surface area contributed by atoms with Crippen molar-refractivity contribution in [1.82, 2.24) is 14.9 Å². The van der Waals surface area contributed by atoms with Crippen molar-refractivity contribution in [1.29, 1.82) is 0 Å². The van der Waals surface area contributed by atoms with E-state index in [1.54, 1.807) is 6.07 Å². The van der Waals surface area contributed by atoms with E-state index in [1.165, 1.54) is 32.4 Å². The number of piperidine rings is 1. The number of rotatable bonds is 6. The van der Waals surface area contributed by atoms with Gasteiger partial charge in [0.05, 0.1) is 0 Å². The van der Waals surface area contributed by atoms with Gasteiger partial charge in [-0.3, -0.25) is 0 Å². The fraction of sp³-hybridized carbons (Fsp3) is 0.333. The number of nitrogens with zero attached hydrogens (tertiary/aromatic N) is 3. The van der Waals surface area contributed by atoms with Gasteiger partial charge in [0.25, 0.3) is 0 Å². The molecule has 4 aromatic rings. The van der Waals surface area contributed by atoms with Crippen LogP contribution in [-0.4, -0.2) is 34.5 Å². The van der Waals surface area contributed by atoms with Crippen LogP contribution in [0.3, 0.4) is 0 Å². The van der Waals surface area contributed by atoms with Gasteiger partial charge in [-0.05, 0) is 67.7 Å². The first-order valence-electron chi connectivity index (χ1n) is 11.7. The second kappa shape index (κ2) is 9.21. The fourth-order valence-corrected chi connectivity index (χ4v) is 4.82. The van der Waals surface area contributed by atoms with Gasteiger partial charge in [0.15, 0.2) is 5.82 Å². The highest BCUT2D eigenvalue weighted by Gasteiger charge is 2.16. The summed E-state index contributed by atoms with van der Waals surface area (Å²) >= 11 is 0. The van der Waals surface area contributed by atoms with Crippen molar-refractivity contribution in [2.45, 2.75) is 38.5 Å². The lowest BCUT2D eigenvalue weighted by Gasteiger charge is -2.26. The first-order chi connectivity index (χ1) is 15.7. The number of hydrogen-bond acceptors (Lipinski definition) is 4. The number of halogens is 1. The first kappa shape index (κ1) is 20.8. The molecule has 5 rings (SSSR count). The average Bonchev–Trinajstić information content (AvgIpc) is 2.83. The molecule has 4 nitrogen and oxygen atoms in total. The minimum Gasteiger partial charge on any atom is -0.383 e. The second-order valence-electron chi connectivity index (χ2n) is 8.73. The molecule has 5 heteroatoms. The molecular weight excluding hydrogens is 399 g/mol. The second-order valence-corrected chi connectivity index (χ2v) is 8.73. The maximum atomic E-state index is 15.7. The Bertz CT molecular complexity index is 1240. The molecule has 1 aliphatic heterocycles. The first-order valence-corrected chi connectivity index (χ1v) is 11.7. The van der Waals surface area contributed by atoms with E-state index < -0.39 is 0 Å². The normalized spacial score (nSPS) is 14.9. The molecule has 2 heterocycles. The van der Waals surface area contributed by atoms with Crippen LogP contribution in [0.25, 0.3) is 32.8 Å². The minimum absolute atomic E-state index is 0.314. The van der Waals surface area contributed by atoms with Gasteiger partial charge >= 0.3 is 0 Å². The van der Waals surface area contributed by atoms with Crippen molar-refractivity contribution in [2.75, 3.05) is 25.4 Å². The third kappa shape index (κ3) is 4.17. The molecule has 2 N–H and O–H groups in total. The van der Waals surface area contributed by atoms with E-state index in [0.717, 1.165) is 35.7 Å². The van der Waals surface area contributed by atoms with Gasteiger partial charge in [0.2, 0.25) is 0 Å². The predicted octanol–water partition coefficient (Wildman–Crippen LogP) is 5.98. The third-order valence-corrected chi connectivity index (χ3v) is 6.54. The van der Waals surface area contributed by atoms with Crippen molar-refractivity contribution < 1.29 is 4.39 Å². The molecule has 0 radical (unpaired) electrons. The zero-order valence-electron chi connectivity index (χ0n) is 18.4. The van der Waals surface area contributed by atoms with Gasteiger partial charge in [0.1, 0.15) is 17.2 Å². The van der Waals surface area contributed by atoms with Crippen LogP contribution in [0, 0.1) is 5.82 Å². The number of nitrogen functional groups attached to an aromatic ring is 1. The van der Waals surface area contributed by atoms with Crippen molar-refractivity contribution in [3.63, 3.8) is 0 Å². The average molecular weight is 429 g/mol. The SMILES string of the molecule is Nc1nc(CCCCN2CCCCC2)nc2c(F)c(-c3cccc4ccccc34)ccc12. The number of benzene rings is 3. The molecule has 1 aromatic heterocycles. The summed E-state index contributed by atoms with van der Waals surface area (Å²) in [5.74, 6) is 0.648. The van der Waals surface area contributed by atoms with E-state index in [1.807, 2.05) is 48.5 Å². The Morgan fingerprint density at radius 1 is 0.812 bits per heavy atom. The number of aryl methyl sites for hydroxylation is 1. The molecule has 0 bridgehead atoms. The quantitative estimate of drug-likeness (QED) is 0.384. The smallest absolute Gasteiger partial charge is 0.157 e. The molecule has 164 valence electrons. The van der Waals surface area contributed by atoms with E-state index in [-0.39, 0.29) is 5.82 Å². The van der Waals surface area contributed by atoms with Gasteiger partial charge in [-0.1, -0.05) is 55.0 Å². The number of unbranched alkanes of at least 4 members (excludes halogenated alkanes) is 1. The van der Waals surface area contributed by atoms with Crippen molar-refractivity contribution in [2.24, 2.45) is 0 Å². The van der Waals surface area contributed by atoms with Crippen LogP contribution in [0.4, 0.5) is 10.2 Å². The van der Waals surface area contributed by atoms with Crippen molar-refractivity contribution in [3.05, 3.63) is 66.2 Å². The molecule has 1 aliphatic rings. The largest absolute Gasteiger partial charge is 0.383 e. The Balaban J connectivity index is 1.41. The summed E-state index contributed by atoms with van der Waals surface area (Å²) in [5.41, 5.74) is 7.92. The summed E-state index contributed by atoms with van der Waals surface area (Å²) in [7, 11) is 0. The Labute approximate surface area is 188 Å². The molecule has 0 spiro atoms. The number of aromatic nitrogens is 2. The third-order valence-electron chi connectivity index (χ3n) is 6.54. The Morgan fingerprint density at radius 3 is 2.50 bits per heavy atom. The summed E-state index contributed by atoms with van der Waals surface area (Å²) in [5, 5.41) is 2.68. The molecule has 0 atom stereocenters. The Hall–Kier alpha value is -3.05. The number of fused-ring (bicyclic) bond motifs is 2. The molecule has 0 amide bonds. The number of likely N-dealkylation sites (tertiary alicyclic amines) is 1. The number of hydrogen-bond donors (Lipinski definition) is 1. The lowest BCUT2D eigenvalue weighted by atomic mass is 9.97. The van der Waals surface area contributed by atoms with Crippen LogP contribution in [-0.2, 0) is 6.42 Å². The minimum atomic E-state index is -0.331. The molecule has 32 heavy (non-hydrogen) atoms. The molecule has 3 aromatic carbocycles. The summed E-state index contributed by atoms with van der Waals surface area (Å²) in [4.78, 5) is 11.6. The summed E-state index contributed by atoms with van der Waals surface area (Å²) in [6.45, 7) is 3.53. The standard InChI is InChI=1S/C27H29FN4/c28-25-22(21-12-8-10-19-9-2-3-11-20(19)21)14-15-23-26(25)30-24(31-27(23)29)13-4-7-18-32-16-5-1-6-17-32/h2-3,8-12,14-15H,1,4-7,13,16-18H2,(H2,29,30,31). The van der Waals surface area contributed by atoms with Gasteiger partial charge < -0.3 is 10.6 Å². The lowest BCUT2D eigenvalue weighted by molar-refractivity contribution is 0.225. The highest BCUT2D eigenvalue weighted by molar-refractivity contribution is 6.00. The van der Waals surface area contributed by atoms with Crippen LogP contribution < -0.4 is 5.73 Å². The van der Waals surface area contributed by atoms with E-state index in [2.05, 4.69) is 14.9 Å². The molecule has 0 saturated carbocycles. The summed E-state index contributed by atoms with van der Waals surface area (Å²) in [6.07, 6.45) is 6.76. The maximum Gasteiger partial charge on any atom is 0.157 e. The predicted molar refractivity (Wildman–Crippen MR) is 130 cm³/mol. The van der Waals surface area contributed by atoms with Gasteiger partial charge in [-0.15, -0.1) is 0 Å². The van der Waals surface area contributed by atoms with Crippen LogP contribution in [0.1, 0.15) is 37.9 Å². The van der Waals surface area contributed by atoms with E-state index in [4.69, 9.17) is 5.73 Å². The topological polar surface area (TPSA) is 55.0 Å². The Kier molecular flexibility index (Phi) is 5.99.